The maximum atomic E-state index is 10.9. The zero-order valence-corrected chi connectivity index (χ0v) is 19.4. The van der Waals surface area contributed by atoms with Gasteiger partial charge in [-0.15, -0.1) is 0 Å². The van der Waals surface area contributed by atoms with Gasteiger partial charge in [-0.25, -0.2) is 0 Å². The summed E-state index contributed by atoms with van der Waals surface area (Å²) in [7, 11) is 0. The van der Waals surface area contributed by atoms with Crippen LogP contribution in [-0.4, -0.2) is 52.6 Å². The van der Waals surface area contributed by atoms with Crippen LogP contribution in [0.4, 0.5) is 0 Å². The monoisotopic (exact) mass is 459 g/mol. The third kappa shape index (κ3) is 6.61. The van der Waals surface area contributed by atoms with Crippen molar-refractivity contribution in [2.45, 2.75) is 62.7 Å². The average molecular weight is 460 g/mol. The molecule has 2 aliphatic rings. The van der Waals surface area contributed by atoms with E-state index in [1.807, 2.05) is 24.3 Å². The van der Waals surface area contributed by atoms with E-state index in [0.29, 0.717) is 30.2 Å². The second-order valence-electron chi connectivity index (χ2n) is 9.46. The quantitative estimate of drug-likeness (QED) is 0.592. The molecule has 2 aromatic rings. The number of nitrogens with zero attached hydrogens (tertiary/aromatic N) is 1. The van der Waals surface area contributed by atoms with Gasteiger partial charge in [0.1, 0.15) is 30.3 Å². The lowest BCUT2D eigenvalue weighted by atomic mass is 9.85. The number of hydrogen-bond donors (Lipinski definition) is 2. The molecule has 0 atom stereocenters. The summed E-state index contributed by atoms with van der Waals surface area (Å²) in [5.41, 5.74) is -0.261. The van der Waals surface area contributed by atoms with Gasteiger partial charge in [0.2, 0.25) is 0 Å². The van der Waals surface area contributed by atoms with Crippen molar-refractivity contribution in [1.82, 2.24) is 4.90 Å². The lowest BCUT2D eigenvalue weighted by Gasteiger charge is -2.38. The Morgan fingerprint density at radius 3 is 2.06 bits per heavy atom. The first-order valence-corrected chi connectivity index (χ1v) is 12.1. The largest absolute Gasteiger partial charge is 0.491 e. The molecule has 2 fully saturated rings. The second kappa shape index (κ2) is 10.4. The van der Waals surface area contributed by atoms with Gasteiger partial charge in [-0.3, -0.25) is 4.90 Å². The number of aliphatic hydroxyl groups is 2. The summed E-state index contributed by atoms with van der Waals surface area (Å²) in [6, 6.07) is 15.4. The Morgan fingerprint density at radius 1 is 0.781 bits per heavy atom. The number of ether oxygens (including phenoxy) is 2. The molecule has 174 valence electrons. The van der Waals surface area contributed by atoms with E-state index in [0.717, 1.165) is 51.1 Å². The molecule has 0 spiro atoms. The minimum atomic E-state index is -0.810. The van der Waals surface area contributed by atoms with Crippen molar-refractivity contribution in [2.75, 3.05) is 26.3 Å². The van der Waals surface area contributed by atoms with E-state index in [1.54, 1.807) is 12.1 Å². The Morgan fingerprint density at radius 2 is 1.41 bits per heavy atom. The van der Waals surface area contributed by atoms with Crippen molar-refractivity contribution < 1.29 is 19.7 Å². The van der Waals surface area contributed by atoms with Crippen LogP contribution >= 0.6 is 11.6 Å². The summed E-state index contributed by atoms with van der Waals surface area (Å²) in [5.74, 6) is 1.49. The Hall–Kier alpha value is -1.79. The van der Waals surface area contributed by atoms with Gasteiger partial charge in [-0.2, -0.15) is 0 Å². The standard InChI is InChI=1S/C26H34ClNO4/c27-22-5-4-6-24(17-22)32-20-26(30)13-15-28(16-14-26)18-21-7-9-23(10-8-21)31-19-25(29)11-2-1-3-12-25/h4-10,17,29-30H,1-3,11-16,18-20H2. The molecule has 2 N–H and O–H groups in total. The maximum absolute atomic E-state index is 10.9. The molecule has 0 unspecified atom stereocenters. The van der Waals surface area contributed by atoms with E-state index >= 15 is 0 Å². The molecule has 0 bridgehead atoms. The highest BCUT2D eigenvalue weighted by atomic mass is 35.5. The number of benzene rings is 2. The van der Waals surface area contributed by atoms with E-state index in [1.165, 1.54) is 12.0 Å². The zero-order valence-electron chi connectivity index (χ0n) is 18.6. The number of piperidine rings is 1. The topological polar surface area (TPSA) is 62.2 Å². The Balaban J connectivity index is 1.20. The highest BCUT2D eigenvalue weighted by Gasteiger charge is 2.33. The first kappa shape index (κ1) is 23.4. The van der Waals surface area contributed by atoms with Gasteiger partial charge < -0.3 is 19.7 Å². The normalized spacial score (nSPS) is 20.6. The summed E-state index contributed by atoms with van der Waals surface area (Å²) in [5, 5.41) is 22.1. The fraction of sp³-hybridized carbons (Fsp3) is 0.538. The molecule has 1 aliphatic carbocycles. The van der Waals surface area contributed by atoms with Crippen LogP contribution in [0, 0.1) is 0 Å². The number of hydrogen-bond acceptors (Lipinski definition) is 5. The third-order valence-corrected chi connectivity index (χ3v) is 6.95. The molecule has 0 aromatic heterocycles. The average Bonchev–Trinajstić information content (AvgIpc) is 2.80. The summed E-state index contributed by atoms with van der Waals surface area (Å²) in [4.78, 5) is 2.36. The van der Waals surface area contributed by atoms with Crippen LogP contribution in [0.1, 0.15) is 50.5 Å². The molecule has 0 radical (unpaired) electrons. The smallest absolute Gasteiger partial charge is 0.120 e. The molecule has 32 heavy (non-hydrogen) atoms. The molecule has 5 nitrogen and oxygen atoms in total. The zero-order chi connectivity index (χ0) is 22.4. The van der Waals surface area contributed by atoms with E-state index in [2.05, 4.69) is 17.0 Å². The van der Waals surface area contributed by atoms with Crippen molar-refractivity contribution in [3.63, 3.8) is 0 Å². The van der Waals surface area contributed by atoms with Gasteiger partial charge >= 0.3 is 0 Å². The van der Waals surface area contributed by atoms with Crippen LogP contribution in [0.5, 0.6) is 11.5 Å². The van der Waals surface area contributed by atoms with Gasteiger partial charge in [0, 0.05) is 24.7 Å². The van der Waals surface area contributed by atoms with Crippen LogP contribution in [-0.2, 0) is 6.54 Å². The first-order valence-electron chi connectivity index (χ1n) is 11.7. The van der Waals surface area contributed by atoms with Crippen molar-refractivity contribution in [1.29, 1.82) is 0 Å². The molecule has 1 saturated carbocycles. The van der Waals surface area contributed by atoms with Gasteiger partial charge in [0.05, 0.1) is 5.60 Å². The Labute approximate surface area is 195 Å². The maximum Gasteiger partial charge on any atom is 0.120 e. The van der Waals surface area contributed by atoms with Gasteiger partial charge in [0.25, 0.3) is 0 Å². The van der Waals surface area contributed by atoms with Crippen molar-refractivity contribution in [3.8, 4) is 11.5 Å². The molecule has 2 aromatic carbocycles. The van der Waals surface area contributed by atoms with Crippen LogP contribution in [0.2, 0.25) is 5.02 Å². The highest BCUT2D eigenvalue weighted by molar-refractivity contribution is 6.30. The minimum Gasteiger partial charge on any atom is -0.491 e. The Bertz CT molecular complexity index is 858. The molecule has 1 aliphatic heterocycles. The molecular weight excluding hydrogens is 426 g/mol. The SMILES string of the molecule is OC1(COc2ccc(CN3CCC(O)(COc4cccc(Cl)c4)CC3)cc2)CCCCC1. The van der Waals surface area contributed by atoms with E-state index < -0.39 is 11.2 Å². The summed E-state index contributed by atoms with van der Waals surface area (Å²) >= 11 is 6.00. The molecule has 6 heteroatoms. The van der Waals surface area contributed by atoms with Crippen LogP contribution in [0.25, 0.3) is 0 Å². The Kier molecular flexibility index (Phi) is 7.62. The highest BCUT2D eigenvalue weighted by Crippen LogP contribution is 2.29. The summed E-state index contributed by atoms with van der Waals surface area (Å²) < 4.78 is 11.7. The molecular formula is C26H34ClNO4. The van der Waals surface area contributed by atoms with Crippen LogP contribution < -0.4 is 9.47 Å². The number of rotatable bonds is 8. The van der Waals surface area contributed by atoms with Crippen LogP contribution in [0.3, 0.4) is 0 Å². The molecule has 1 saturated heterocycles. The van der Waals surface area contributed by atoms with Crippen LogP contribution in [0.15, 0.2) is 48.5 Å². The summed E-state index contributed by atoms with van der Waals surface area (Å²) in [6.07, 6.45) is 6.38. The van der Waals surface area contributed by atoms with Crippen molar-refractivity contribution in [3.05, 3.63) is 59.1 Å². The van der Waals surface area contributed by atoms with E-state index in [-0.39, 0.29) is 6.61 Å². The molecule has 0 amide bonds. The third-order valence-electron chi connectivity index (χ3n) is 6.71. The summed E-state index contributed by atoms with van der Waals surface area (Å²) in [6.45, 7) is 3.13. The number of halogens is 1. The van der Waals surface area contributed by atoms with E-state index in [4.69, 9.17) is 21.1 Å². The van der Waals surface area contributed by atoms with Gasteiger partial charge in [-0.1, -0.05) is 49.1 Å². The number of likely N-dealkylation sites (tertiary alicyclic amines) is 1. The van der Waals surface area contributed by atoms with Gasteiger partial charge in [0.15, 0.2) is 0 Å². The fourth-order valence-corrected chi connectivity index (χ4v) is 4.75. The fourth-order valence-electron chi connectivity index (χ4n) is 4.57. The molecule has 1 heterocycles. The van der Waals surface area contributed by atoms with Gasteiger partial charge in [-0.05, 0) is 61.6 Å². The minimum absolute atomic E-state index is 0.277. The predicted octanol–water partition coefficient (Wildman–Crippen LogP) is 4.82. The first-order chi connectivity index (χ1) is 15.4. The molecule has 4 rings (SSSR count). The van der Waals surface area contributed by atoms with E-state index in [9.17, 15) is 10.2 Å². The second-order valence-corrected chi connectivity index (χ2v) is 9.90. The predicted molar refractivity (Wildman–Crippen MR) is 126 cm³/mol. The van der Waals surface area contributed by atoms with Crippen molar-refractivity contribution in [2.24, 2.45) is 0 Å². The lowest BCUT2D eigenvalue weighted by molar-refractivity contribution is -0.0537. The van der Waals surface area contributed by atoms with Crippen molar-refractivity contribution >= 4 is 11.6 Å². The lowest BCUT2D eigenvalue weighted by Crippen LogP contribution is -2.47.